The van der Waals surface area contributed by atoms with Crippen molar-refractivity contribution in [3.8, 4) is 0 Å². The molecule has 6 heteroatoms. The molecule has 0 aliphatic carbocycles. The van der Waals surface area contributed by atoms with Gasteiger partial charge in [0.05, 0.1) is 30.5 Å². The first-order valence-corrected chi connectivity index (χ1v) is 9.98. The van der Waals surface area contributed by atoms with Gasteiger partial charge in [-0.15, -0.1) is 0 Å². The van der Waals surface area contributed by atoms with Gasteiger partial charge in [-0.3, -0.25) is 4.79 Å². The molecule has 0 bridgehead atoms. The molecule has 0 aromatic heterocycles. The lowest BCUT2D eigenvalue weighted by atomic mass is 10.0. The Labute approximate surface area is 167 Å². The van der Waals surface area contributed by atoms with Crippen molar-refractivity contribution < 1.29 is 30.0 Å². The number of carboxylic acid groups (broad SMARTS) is 1. The van der Waals surface area contributed by atoms with E-state index in [4.69, 9.17) is 9.84 Å². The van der Waals surface area contributed by atoms with E-state index in [1.165, 1.54) is 12.2 Å². The van der Waals surface area contributed by atoms with Gasteiger partial charge in [0.2, 0.25) is 0 Å². The van der Waals surface area contributed by atoms with E-state index in [-0.39, 0.29) is 12.5 Å². The number of hydrogen-bond donors (Lipinski definition) is 4. The van der Waals surface area contributed by atoms with Gasteiger partial charge < -0.3 is 25.2 Å². The van der Waals surface area contributed by atoms with Crippen LogP contribution in [0, 0.1) is 0 Å². The van der Waals surface area contributed by atoms with Crippen molar-refractivity contribution in [3.05, 3.63) is 48.6 Å². The molecule has 0 radical (unpaired) electrons. The predicted octanol–water partition coefficient (Wildman–Crippen LogP) is 2.90. The molecule has 1 aliphatic heterocycles. The van der Waals surface area contributed by atoms with E-state index in [1.54, 1.807) is 0 Å². The molecule has 6 nitrogen and oxygen atoms in total. The summed E-state index contributed by atoms with van der Waals surface area (Å²) in [5.74, 6) is -0.807. The molecule has 5 atom stereocenters. The number of aliphatic hydroxyl groups excluding tert-OH is 3. The van der Waals surface area contributed by atoms with Crippen LogP contribution in [-0.4, -0.2) is 56.9 Å². The molecule has 1 aliphatic rings. The number of aliphatic hydroxyl groups is 3. The Morgan fingerprint density at radius 1 is 1.11 bits per heavy atom. The van der Waals surface area contributed by atoms with Crippen LogP contribution in [0.15, 0.2) is 48.6 Å². The van der Waals surface area contributed by atoms with Crippen LogP contribution in [0.1, 0.15) is 51.9 Å². The Morgan fingerprint density at radius 2 is 1.86 bits per heavy atom. The highest BCUT2D eigenvalue weighted by Crippen LogP contribution is 2.26. The summed E-state index contributed by atoms with van der Waals surface area (Å²) >= 11 is 0. The molecule has 1 heterocycles. The van der Waals surface area contributed by atoms with Crippen LogP contribution >= 0.6 is 0 Å². The molecule has 0 spiro atoms. The van der Waals surface area contributed by atoms with Crippen molar-refractivity contribution in [2.24, 2.45) is 0 Å². The van der Waals surface area contributed by atoms with E-state index in [2.05, 4.69) is 0 Å². The van der Waals surface area contributed by atoms with Gasteiger partial charge in [0.25, 0.3) is 0 Å². The van der Waals surface area contributed by atoms with Gasteiger partial charge in [0.1, 0.15) is 0 Å². The van der Waals surface area contributed by atoms with Crippen molar-refractivity contribution >= 4 is 5.97 Å². The van der Waals surface area contributed by atoms with Crippen LogP contribution in [-0.2, 0) is 9.53 Å². The van der Waals surface area contributed by atoms with Crippen molar-refractivity contribution in [1.82, 2.24) is 0 Å². The summed E-state index contributed by atoms with van der Waals surface area (Å²) in [6.45, 7) is 2.04. The van der Waals surface area contributed by atoms with Gasteiger partial charge in [-0.2, -0.15) is 0 Å². The number of rotatable bonds is 13. The zero-order chi connectivity index (χ0) is 20.8. The molecule has 1 fully saturated rings. The monoisotopic (exact) mass is 394 g/mol. The SMILES string of the molecule is CC/C=C\C[C@H]1O[C@@H]([C@H](O)/C=C/[C@@H](O)C/C=C\C/C=C\CCC(=O)O)C[C@H]1O. The van der Waals surface area contributed by atoms with Crippen LogP contribution in [0.4, 0.5) is 0 Å². The summed E-state index contributed by atoms with van der Waals surface area (Å²) in [6, 6.07) is 0. The Morgan fingerprint density at radius 3 is 2.57 bits per heavy atom. The summed E-state index contributed by atoms with van der Waals surface area (Å²) in [5, 5.41) is 38.7. The fourth-order valence-electron chi connectivity index (χ4n) is 2.87. The topological polar surface area (TPSA) is 107 Å². The van der Waals surface area contributed by atoms with Gasteiger partial charge in [-0.25, -0.2) is 0 Å². The molecule has 158 valence electrons. The molecule has 0 aromatic rings. The van der Waals surface area contributed by atoms with Crippen molar-refractivity contribution in [2.75, 3.05) is 0 Å². The van der Waals surface area contributed by atoms with Crippen molar-refractivity contribution in [3.63, 3.8) is 0 Å². The summed E-state index contributed by atoms with van der Waals surface area (Å²) in [5.41, 5.74) is 0. The summed E-state index contributed by atoms with van der Waals surface area (Å²) in [6.07, 6.45) is 15.3. The van der Waals surface area contributed by atoms with E-state index in [0.29, 0.717) is 32.1 Å². The van der Waals surface area contributed by atoms with Gasteiger partial charge in [-0.1, -0.05) is 55.5 Å². The van der Waals surface area contributed by atoms with Gasteiger partial charge in [0, 0.05) is 12.8 Å². The van der Waals surface area contributed by atoms with E-state index in [9.17, 15) is 20.1 Å². The smallest absolute Gasteiger partial charge is 0.303 e. The third kappa shape index (κ3) is 10.6. The normalized spacial score (nSPS) is 25.5. The predicted molar refractivity (Wildman–Crippen MR) is 109 cm³/mol. The van der Waals surface area contributed by atoms with Crippen LogP contribution in [0.5, 0.6) is 0 Å². The molecule has 1 rings (SSSR count). The van der Waals surface area contributed by atoms with E-state index < -0.39 is 30.4 Å². The van der Waals surface area contributed by atoms with E-state index >= 15 is 0 Å². The van der Waals surface area contributed by atoms with Crippen LogP contribution in [0.2, 0.25) is 0 Å². The molecule has 0 unspecified atom stereocenters. The largest absolute Gasteiger partial charge is 0.481 e. The minimum Gasteiger partial charge on any atom is -0.481 e. The molecule has 0 amide bonds. The highest BCUT2D eigenvalue weighted by atomic mass is 16.5. The fraction of sp³-hybridized carbons (Fsp3) is 0.591. The molecule has 0 aromatic carbocycles. The van der Waals surface area contributed by atoms with E-state index in [1.807, 2.05) is 43.4 Å². The first-order chi connectivity index (χ1) is 13.4. The number of carboxylic acids is 1. The van der Waals surface area contributed by atoms with Gasteiger partial charge in [-0.05, 0) is 32.1 Å². The third-order valence-electron chi connectivity index (χ3n) is 4.44. The van der Waals surface area contributed by atoms with Crippen molar-refractivity contribution in [1.29, 1.82) is 0 Å². The minimum absolute atomic E-state index is 0.129. The summed E-state index contributed by atoms with van der Waals surface area (Å²) in [7, 11) is 0. The minimum atomic E-state index is -0.870. The van der Waals surface area contributed by atoms with E-state index in [0.717, 1.165) is 6.42 Å². The van der Waals surface area contributed by atoms with Gasteiger partial charge >= 0.3 is 5.97 Å². The second-order valence-corrected chi connectivity index (χ2v) is 6.92. The van der Waals surface area contributed by atoms with Crippen LogP contribution < -0.4 is 0 Å². The number of hydrogen-bond acceptors (Lipinski definition) is 5. The second kappa shape index (κ2) is 14.3. The number of allylic oxidation sites excluding steroid dienone is 4. The summed E-state index contributed by atoms with van der Waals surface area (Å²) < 4.78 is 5.73. The highest BCUT2D eigenvalue weighted by molar-refractivity contribution is 5.66. The summed E-state index contributed by atoms with van der Waals surface area (Å²) in [4.78, 5) is 10.4. The molecule has 28 heavy (non-hydrogen) atoms. The second-order valence-electron chi connectivity index (χ2n) is 6.92. The fourth-order valence-corrected chi connectivity index (χ4v) is 2.87. The van der Waals surface area contributed by atoms with Crippen LogP contribution in [0.3, 0.4) is 0 Å². The maximum absolute atomic E-state index is 10.4. The lowest BCUT2D eigenvalue weighted by Gasteiger charge is -2.16. The number of ether oxygens (including phenoxy) is 1. The molecule has 4 N–H and O–H groups in total. The third-order valence-corrected chi connectivity index (χ3v) is 4.44. The lowest BCUT2D eigenvalue weighted by Crippen LogP contribution is -2.24. The lowest BCUT2D eigenvalue weighted by molar-refractivity contribution is -0.136. The average molecular weight is 395 g/mol. The molecule has 0 saturated carbocycles. The molecular formula is C22H34O6. The zero-order valence-corrected chi connectivity index (χ0v) is 16.6. The Hall–Kier alpha value is -1.73. The van der Waals surface area contributed by atoms with Crippen molar-refractivity contribution in [2.45, 2.75) is 82.4 Å². The van der Waals surface area contributed by atoms with Crippen LogP contribution in [0.25, 0.3) is 0 Å². The average Bonchev–Trinajstić information content (AvgIpc) is 3.02. The standard InChI is InChI=1S/C22H34O6/c1-2-3-8-12-20-19(25)16-21(28-20)18(24)15-14-17(23)11-9-6-4-5-7-10-13-22(26)27/h3,5-9,14-15,17-21,23-25H,2,4,10-13,16H2,1H3,(H,26,27)/b7-5-,8-3-,9-6-,15-14+/t17-,18+,19+,20+,21+/m0/s1. The first kappa shape index (κ1) is 24.3. The number of carbonyl (C=O) groups is 1. The highest BCUT2D eigenvalue weighted by Gasteiger charge is 2.36. The molecule has 1 saturated heterocycles. The van der Waals surface area contributed by atoms with Gasteiger partial charge in [0.15, 0.2) is 0 Å². The maximum atomic E-state index is 10.4. The Kier molecular flexibility index (Phi) is 12.4. The Balaban J connectivity index is 2.28. The number of aliphatic carboxylic acids is 1. The zero-order valence-electron chi connectivity index (χ0n) is 16.6. The molecular weight excluding hydrogens is 360 g/mol. The first-order valence-electron chi connectivity index (χ1n) is 9.98. The Bertz CT molecular complexity index is 551. The maximum Gasteiger partial charge on any atom is 0.303 e. The quantitative estimate of drug-likeness (QED) is 0.358.